The maximum absolute atomic E-state index is 13.5. The Morgan fingerprint density at radius 3 is 2.00 bits per heavy atom. The quantitative estimate of drug-likeness (QED) is 0.238. The second kappa shape index (κ2) is 10.6. The number of fused-ring (bicyclic) bond motifs is 1. The number of hydrogen-bond donors (Lipinski definition) is 1. The lowest BCUT2D eigenvalue weighted by molar-refractivity contribution is -0.956. The van der Waals surface area contributed by atoms with E-state index in [1.54, 1.807) is 6.92 Å². The van der Waals surface area contributed by atoms with Gasteiger partial charge in [-0.3, -0.25) is 0 Å². The van der Waals surface area contributed by atoms with Crippen molar-refractivity contribution in [1.29, 1.82) is 0 Å². The highest BCUT2D eigenvalue weighted by atomic mass is 19.4. The highest BCUT2D eigenvalue weighted by molar-refractivity contribution is 5.85. The van der Waals surface area contributed by atoms with Crippen molar-refractivity contribution in [3.05, 3.63) is 82.9 Å². The van der Waals surface area contributed by atoms with Crippen molar-refractivity contribution in [3.8, 4) is 0 Å². The number of unbranched alkanes of at least 4 members (excludes halogenated alkanes) is 1. The Morgan fingerprint density at radius 1 is 0.829 bits per heavy atom. The first-order chi connectivity index (χ1) is 16.3. The molecule has 0 saturated carbocycles. The summed E-state index contributed by atoms with van der Waals surface area (Å²) in [7, 11) is 0. The molecule has 1 unspecified atom stereocenters. The lowest BCUT2D eigenvalue weighted by Crippen LogP contribution is -2.51. The van der Waals surface area contributed by atoms with Gasteiger partial charge in [0.1, 0.15) is 25.7 Å². The summed E-state index contributed by atoms with van der Waals surface area (Å²) < 4.78 is 81.1. The molecule has 35 heavy (non-hydrogen) atoms. The van der Waals surface area contributed by atoms with Gasteiger partial charge in [0.05, 0.1) is 17.7 Å². The third kappa shape index (κ3) is 6.98. The van der Waals surface area contributed by atoms with Crippen LogP contribution in [0.25, 0.3) is 10.8 Å². The Morgan fingerprint density at radius 2 is 1.43 bits per heavy atom. The zero-order valence-electron chi connectivity index (χ0n) is 19.8. The zero-order valence-corrected chi connectivity index (χ0v) is 19.8. The zero-order chi connectivity index (χ0) is 25.9. The van der Waals surface area contributed by atoms with Crippen molar-refractivity contribution in [2.75, 3.05) is 13.1 Å². The molecule has 0 aromatic heterocycles. The van der Waals surface area contributed by atoms with Gasteiger partial charge in [0.15, 0.2) is 0 Å². The summed E-state index contributed by atoms with van der Waals surface area (Å²) in [5.41, 5.74) is -1.76. The van der Waals surface area contributed by atoms with Gasteiger partial charge in [-0.25, -0.2) is 0 Å². The van der Waals surface area contributed by atoms with Crippen LogP contribution in [-0.2, 0) is 25.4 Å². The summed E-state index contributed by atoms with van der Waals surface area (Å²) in [5, 5.41) is 12.3. The molecule has 0 aliphatic heterocycles. The molecule has 1 N–H and O–H groups in total. The summed E-state index contributed by atoms with van der Waals surface area (Å²) in [6.45, 7) is 4.56. The minimum Gasteiger partial charge on any atom is -0.388 e. The Kier molecular flexibility index (Phi) is 8.17. The number of nitrogens with zero attached hydrogens (tertiary/aromatic N) is 1. The number of aliphatic hydroxyl groups is 1. The van der Waals surface area contributed by atoms with Crippen molar-refractivity contribution in [3.63, 3.8) is 0 Å². The summed E-state index contributed by atoms with van der Waals surface area (Å²) in [4.78, 5) is 0. The Bertz CT molecular complexity index is 1100. The van der Waals surface area contributed by atoms with E-state index in [1.807, 2.05) is 49.4 Å². The number of aliphatic hydroxyl groups excluding tert-OH is 1. The van der Waals surface area contributed by atoms with Gasteiger partial charge in [0, 0.05) is 11.1 Å². The van der Waals surface area contributed by atoms with Crippen LogP contribution >= 0.6 is 0 Å². The van der Waals surface area contributed by atoms with Crippen LogP contribution in [0.3, 0.4) is 0 Å². The van der Waals surface area contributed by atoms with Gasteiger partial charge in [-0.2, -0.15) is 26.3 Å². The van der Waals surface area contributed by atoms with Gasteiger partial charge >= 0.3 is 12.4 Å². The molecule has 190 valence electrons. The topological polar surface area (TPSA) is 20.2 Å². The number of halogens is 6. The predicted molar refractivity (Wildman–Crippen MR) is 124 cm³/mol. The number of benzene rings is 3. The van der Waals surface area contributed by atoms with Crippen LogP contribution in [-0.4, -0.2) is 28.8 Å². The molecular weight excluding hydrogens is 468 g/mol. The molecule has 3 rings (SSSR count). The van der Waals surface area contributed by atoms with E-state index in [2.05, 4.69) is 0 Å². The summed E-state index contributed by atoms with van der Waals surface area (Å²) >= 11 is 0. The second-order valence-corrected chi connectivity index (χ2v) is 9.32. The summed E-state index contributed by atoms with van der Waals surface area (Å²) in [6.07, 6.45) is -9.10. The monoisotopic (exact) mass is 498 g/mol. The number of hydrogen-bond acceptors (Lipinski definition) is 1. The first kappa shape index (κ1) is 27.0. The first-order valence-corrected chi connectivity index (χ1v) is 11.6. The van der Waals surface area contributed by atoms with E-state index in [0.29, 0.717) is 19.5 Å². The van der Waals surface area contributed by atoms with E-state index in [4.69, 9.17) is 0 Å². The molecule has 3 aromatic rings. The third-order valence-corrected chi connectivity index (χ3v) is 6.19. The second-order valence-electron chi connectivity index (χ2n) is 9.32. The first-order valence-electron chi connectivity index (χ1n) is 11.6. The molecule has 2 atom stereocenters. The predicted octanol–water partition coefficient (Wildman–Crippen LogP) is 7.58. The molecule has 0 radical (unpaired) electrons. The largest absolute Gasteiger partial charge is 0.416 e. The lowest BCUT2D eigenvalue weighted by Gasteiger charge is -2.40. The van der Waals surface area contributed by atoms with Gasteiger partial charge in [-0.1, -0.05) is 55.8 Å². The average Bonchev–Trinajstić information content (AvgIpc) is 2.76. The number of alkyl halides is 6. The van der Waals surface area contributed by atoms with Crippen molar-refractivity contribution in [2.24, 2.45) is 0 Å². The van der Waals surface area contributed by atoms with E-state index in [0.717, 1.165) is 34.9 Å². The van der Waals surface area contributed by atoms with Crippen LogP contribution in [0.2, 0.25) is 0 Å². The van der Waals surface area contributed by atoms with Crippen molar-refractivity contribution in [1.82, 2.24) is 0 Å². The fourth-order valence-electron chi connectivity index (χ4n) is 4.78. The number of rotatable bonds is 9. The average molecular weight is 499 g/mol. The van der Waals surface area contributed by atoms with Crippen LogP contribution in [0.15, 0.2) is 60.7 Å². The highest BCUT2D eigenvalue weighted by Gasteiger charge is 2.38. The van der Waals surface area contributed by atoms with Crippen molar-refractivity contribution in [2.45, 2.75) is 58.2 Å². The van der Waals surface area contributed by atoms with Crippen molar-refractivity contribution >= 4 is 10.8 Å². The van der Waals surface area contributed by atoms with Gasteiger partial charge in [0.2, 0.25) is 0 Å². The molecule has 2 nitrogen and oxygen atoms in total. The molecular formula is C27H30F6NO+. The standard InChI is InChI=1S/C27H30F6NO/c1-3-4-12-34(16-19(2)35,18-22-10-7-9-21-8-5-6-11-25(21)22)17-20-13-23(26(28,29)30)15-24(14-20)27(31,32)33/h5-11,13-15,19,35H,3-4,12,16-18H2,1-2H3/q+1/t19-,34?/m0/s1. The smallest absolute Gasteiger partial charge is 0.388 e. The highest BCUT2D eigenvalue weighted by Crippen LogP contribution is 2.37. The van der Waals surface area contributed by atoms with Crippen molar-refractivity contribution < 1.29 is 35.9 Å². The van der Waals surface area contributed by atoms with E-state index >= 15 is 0 Å². The molecule has 0 bridgehead atoms. The van der Waals surface area contributed by atoms with Crippen LogP contribution in [0.1, 0.15) is 48.9 Å². The third-order valence-electron chi connectivity index (χ3n) is 6.19. The van der Waals surface area contributed by atoms with Crippen LogP contribution in [0.5, 0.6) is 0 Å². The van der Waals surface area contributed by atoms with E-state index in [-0.39, 0.29) is 29.2 Å². The molecule has 3 aromatic carbocycles. The minimum absolute atomic E-state index is 0.0517. The van der Waals surface area contributed by atoms with E-state index in [1.165, 1.54) is 0 Å². The van der Waals surface area contributed by atoms with Crippen LogP contribution in [0.4, 0.5) is 26.3 Å². The van der Waals surface area contributed by atoms with E-state index in [9.17, 15) is 31.4 Å². The lowest BCUT2D eigenvalue weighted by atomic mass is 10.00. The van der Waals surface area contributed by atoms with Crippen LogP contribution < -0.4 is 0 Å². The summed E-state index contributed by atoms with van der Waals surface area (Å²) in [6, 6.07) is 15.2. The number of quaternary nitrogens is 1. The van der Waals surface area contributed by atoms with E-state index < -0.39 is 29.6 Å². The summed E-state index contributed by atoms with van der Waals surface area (Å²) in [5.74, 6) is 0. The molecule has 0 saturated heterocycles. The van der Waals surface area contributed by atoms with Gasteiger partial charge in [0.25, 0.3) is 0 Å². The fourth-order valence-corrected chi connectivity index (χ4v) is 4.78. The molecule has 0 aliphatic carbocycles. The van der Waals surface area contributed by atoms with Crippen LogP contribution in [0, 0.1) is 0 Å². The fraction of sp³-hybridized carbons (Fsp3) is 0.407. The normalized spacial score (nSPS) is 15.2. The molecule has 0 amide bonds. The SMILES string of the molecule is CCCC[N+](Cc1cc(C(F)(F)F)cc(C(F)(F)F)c1)(Cc1cccc2ccccc12)C[C@H](C)O. The minimum atomic E-state index is -4.91. The molecule has 0 aliphatic rings. The molecule has 8 heteroatoms. The Balaban J connectivity index is 2.14. The molecule has 0 spiro atoms. The van der Waals surface area contributed by atoms with Gasteiger partial charge in [-0.05, 0) is 42.3 Å². The van der Waals surface area contributed by atoms with Gasteiger partial charge in [-0.15, -0.1) is 0 Å². The Hall–Kier alpha value is -2.58. The Labute approximate surface area is 201 Å². The molecule has 0 fully saturated rings. The maximum atomic E-state index is 13.5. The molecule has 0 heterocycles. The maximum Gasteiger partial charge on any atom is 0.416 e. The van der Waals surface area contributed by atoms with Gasteiger partial charge < -0.3 is 9.59 Å².